The van der Waals surface area contributed by atoms with Crippen LogP contribution in [0.1, 0.15) is 45.7 Å². The minimum atomic E-state index is 0.274. The molecule has 0 saturated heterocycles. The van der Waals surface area contributed by atoms with Crippen molar-refractivity contribution in [3.8, 4) is 0 Å². The van der Waals surface area contributed by atoms with Gasteiger partial charge in [-0.15, -0.1) is 0 Å². The molecule has 5 heteroatoms. The van der Waals surface area contributed by atoms with Gasteiger partial charge < -0.3 is 9.80 Å². The van der Waals surface area contributed by atoms with E-state index in [0.29, 0.717) is 10.5 Å². The van der Waals surface area contributed by atoms with Crippen LogP contribution in [0.2, 0.25) is 0 Å². The van der Waals surface area contributed by atoms with Crippen LogP contribution in [0.15, 0.2) is 42.7 Å². The summed E-state index contributed by atoms with van der Waals surface area (Å²) in [5.41, 5.74) is 1.33. The van der Waals surface area contributed by atoms with Crippen LogP contribution in [-0.2, 0) is 10.5 Å². The van der Waals surface area contributed by atoms with Gasteiger partial charge in [0.2, 0.25) is 6.67 Å². The molecular weight excluding hydrogens is 726 g/mol. The van der Waals surface area contributed by atoms with Gasteiger partial charge in [0.05, 0.1) is 6.04 Å². The first-order valence-corrected chi connectivity index (χ1v) is 22.0. The number of rotatable bonds is 4. The number of benzene rings is 1. The van der Waals surface area contributed by atoms with Gasteiger partial charge in [-0.05, 0) is 41.6 Å². The van der Waals surface area contributed by atoms with E-state index in [9.17, 15) is 0 Å². The van der Waals surface area contributed by atoms with E-state index in [1.165, 1.54) is 35.2 Å². The van der Waals surface area contributed by atoms with Crippen LogP contribution < -0.4 is 0 Å². The Hall–Kier alpha value is 0.669. The predicted molar refractivity (Wildman–Crippen MR) is 123 cm³/mol. The van der Waals surface area contributed by atoms with Crippen LogP contribution in [-0.4, -0.2) is 16.8 Å². The maximum atomic E-state index is 3.39. The standard InChI is InChI=1S/C21H25N2.2HI.Ir/c1-15-16(2)18(4)20(17(15)3)13-21(19-9-7-6-8-10-19)23-12-11-22(5)14-23;;;/h6-12,21H,13H2,1-5H3;2*1H;/q;;;+3/p-2. The van der Waals surface area contributed by atoms with E-state index in [1.54, 1.807) is 0 Å². The third-order valence-electron chi connectivity index (χ3n) is 5.23. The second-order valence-corrected chi connectivity index (χ2v) is 24.1. The molecule has 0 bridgehead atoms. The average molecular weight is 751 g/mol. The molecule has 0 amide bonds. The fourth-order valence-electron chi connectivity index (χ4n) is 3.44. The summed E-state index contributed by atoms with van der Waals surface area (Å²) in [7, 11) is 2.46. The molecule has 2 aliphatic rings. The van der Waals surface area contributed by atoms with E-state index < -0.39 is 0 Å². The van der Waals surface area contributed by atoms with Crippen LogP contribution in [0.5, 0.6) is 0 Å². The molecule has 26 heavy (non-hydrogen) atoms. The molecule has 1 fully saturated rings. The number of nitrogens with zero attached hydrogens (tertiary/aromatic N) is 2. The summed E-state index contributed by atoms with van der Waals surface area (Å²) in [6.45, 7) is 12.4. The summed E-state index contributed by atoms with van der Waals surface area (Å²) in [5, 5.41) is 0. The molecule has 1 aliphatic carbocycles. The Morgan fingerprint density at radius 3 is 1.92 bits per heavy atom. The van der Waals surface area contributed by atoms with Gasteiger partial charge in [-0.1, -0.05) is 58.0 Å². The zero-order valence-electron chi connectivity index (χ0n) is 15.8. The van der Waals surface area contributed by atoms with Gasteiger partial charge in [0.15, 0.2) is 0 Å². The quantitative estimate of drug-likeness (QED) is 0.322. The van der Waals surface area contributed by atoms with E-state index in [0.717, 1.165) is 6.42 Å². The first-order chi connectivity index (χ1) is 12.4. The van der Waals surface area contributed by atoms with Crippen molar-refractivity contribution in [3.05, 3.63) is 84.6 Å². The Morgan fingerprint density at radius 2 is 1.46 bits per heavy atom. The van der Waals surface area contributed by atoms with Gasteiger partial charge in [0.25, 0.3) is 0 Å². The van der Waals surface area contributed by atoms with Crippen LogP contribution in [0.25, 0.3) is 0 Å². The molecule has 1 unspecified atom stereocenters. The van der Waals surface area contributed by atoms with Gasteiger partial charge in [-0.25, -0.2) is 0 Å². The second-order valence-electron chi connectivity index (χ2n) is 6.57. The molecule has 1 aliphatic heterocycles. The molecule has 1 heterocycles. The summed E-state index contributed by atoms with van der Waals surface area (Å²) in [4.78, 5) is 4.18. The molecule has 1 aromatic carbocycles. The van der Waals surface area contributed by atoms with Gasteiger partial charge in [-0.2, -0.15) is 0 Å². The van der Waals surface area contributed by atoms with Crippen molar-refractivity contribution in [2.45, 2.75) is 40.2 Å². The molecule has 3 rings (SSSR count). The summed E-state index contributed by atoms with van der Waals surface area (Å²) in [5.74, 6) is 7.24. The molecule has 7 radical (unpaired) electrons. The number of halogens is 2. The van der Waals surface area contributed by atoms with Gasteiger partial charge in [-0.3, -0.25) is 0 Å². The van der Waals surface area contributed by atoms with E-state index >= 15 is 0 Å². The fourth-order valence-corrected chi connectivity index (χ4v) is 3.44. The SMILES string of the molecule is C[C]1[C](C)[C](C)[C](CC(c2ccccc2)N2[C]N(C)C=C2)[C]1C.[I][Ir+][I]. The normalized spacial score (nSPS) is 21.5. The Labute approximate surface area is 189 Å². The Balaban J connectivity index is 0.000000758. The van der Waals surface area contributed by atoms with Crippen LogP contribution in [0, 0.1) is 36.3 Å². The summed E-state index contributed by atoms with van der Waals surface area (Å²) >= 11 is 4.80. The van der Waals surface area contributed by atoms with E-state index in [4.69, 9.17) is 0 Å². The third-order valence-corrected chi connectivity index (χ3v) is 5.23. The second kappa shape index (κ2) is 11.0. The molecule has 0 aromatic heterocycles. The first-order valence-electron chi connectivity index (χ1n) is 8.47. The molecule has 0 N–H and O–H groups in total. The van der Waals surface area contributed by atoms with Crippen LogP contribution >= 0.6 is 39.2 Å². The van der Waals surface area contributed by atoms with Gasteiger partial charge >= 0.3 is 49.7 Å². The van der Waals surface area contributed by atoms with E-state index in [-0.39, 0.29) is 6.04 Å². The summed E-state index contributed by atoms with van der Waals surface area (Å²) < 4.78 is 0. The molecule has 0 spiro atoms. The van der Waals surface area contributed by atoms with Crippen molar-refractivity contribution < 1.29 is 10.5 Å². The topological polar surface area (TPSA) is 6.48 Å². The molecule has 1 saturated carbocycles. The van der Waals surface area contributed by atoms with Crippen molar-refractivity contribution in [2.75, 3.05) is 7.05 Å². The summed E-state index contributed by atoms with van der Waals surface area (Å²) in [6, 6.07) is 11.0. The maximum absolute atomic E-state index is 3.39. The van der Waals surface area contributed by atoms with E-state index in [2.05, 4.69) is 121 Å². The summed E-state index contributed by atoms with van der Waals surface area (Å²) in [6.07, 6.45) is 5.17. The molecule has 1 atom stereocenters. The Morgan fingerprint density at radius 1 is 0.923 bits per heavy atom. The Kier molecular flexibility index (Phi) is 9.72. The molecular formula is C21H25I2IrN2+. The first kappa shape index (κ1) is 23.0. The van der Waals surface area contributed by atoms with Crippen molar-refractivity contribution in [3.63, 3.8) is 0 Å². The van der Waals surface area contributed by atoms with Crippen molar-refractivity contribution in [1.82, 2.24) is 9.80 Å². The van der Waals surface area contributed by atoms with Crippen LogP contribution in [0.4, 0.5) is 0 Å². The minimum absolute atomic E-state index is 0.274. The zero-order chi connectivity index (χ0) is 19.3. The van der Waals surface area contributed by atoms with Gasteiger partial charge in [0.1, 0.15) is 0 Å². The van der Waals surface area contributed by atoms with Gasteiger partial charge in [0, 0.05) is 19.4 Å². The van der Waals surface area contributed by atoms with Crippen molar-refractivity contribution in [2.24, 2.45) is 0 Å². The molecule has 141 valence electrons. The Bertz CT molecular complexity index is 554. The predicted octanol–water partition coefficient (Wildman–Crippen LogP) is 6.57. The van der Waals surface area contributed by atoms with Crippen LogP contribution in [0.3, 0.4) is 0 Å². The van der Waals surface area contributed by atoms with Crippen molar-refractivity contribution >= 4 is 39.2 Å². The molecule has 2 nitrogen and oxygen atoms in total. The number of hydrogen-bond acceptors (Lipinski definition) is 2. The van der Waals surface area contributed by atoms with E-state index in [1.807, 2.05) is 11.9 Å². The zero-order valence-corrected chi connectivity index (χ0v) is 22.5. The molecule has 1 aromatic rings. The monoisotopic (exact) mass is 752 g/mol. The number of hydrogen-bond donors (Lipinski definition) is 0. The third kappa shape index (κ3) is 5.60. The average Bonchev–Trinajstić information content (AvgIpc) is 3.14. The van der Waals surface area contributed by atoms with Crippen molar-refractivity contribution in [1.29, 1.82) is 0 Å². The fraction of sp³-hybridized carbons (Fsp3) is 0.333.